The second-order valence-electron chi connectivity index (χ2n) is 5.21. The van der Waals surface area contributed by atoms with Crippen molar-refractivity contribution >= 4 is 45.2 Å². The van der Waals surface area contributed by atoms with Gasteiger partial charge in [0.2, 0.25) is 0 Å². The van der Waals surface area contributed by atoms with Gasteiger partial charge in [-0.1, -0.05) is 24.8 Å². The summed E-state index contributed by atoms with van der Waals surface area (Å²) >= 11 is 5.90. The fraction of sp³-hybridized carbons (Fsp3) is 0.105. The maximum atomic E-state index is 11.4. The highest BCUT2D eigenvalue weighted by atomic mass is 35.5. The lowest BCUT2D eigenvalue weighted by atomic mass is 9.99. The Labute approximate surface area is 134 Å². The maximum absolute atomic E-state index is 11.4. The Kier molecular flexibility index (Phi) is 3.86. The van der Waals surface area contributed by atoms with E-state index in [4.69, 9.17) is 16.3 Å². The fourth-order valence-electron chi connectivity index (χ4n) is 2.59. The molecule has 0 aromatic heterocycles. The number of esters is 1. The molecule has 22 heavy (non-hydrogen) atoms. The number of hydrogen-bond acceptors (Lipinski definition) is 2. The highest BCUT2D eigenvalue weighted by Crippen LogP contribution is 2.32. The molecule has 0 unspecified atom stereocenters. The minimum atomic E-state index is -0.336. The first-order chi connectivity index (χ1) is 10.6. The largest absolute Gasteiger partial charge is 0.426 e. The summed E-state index contributed by atoms with van der Waals surface area (Å²) in [6.07, 6.45) is 1.74. The Morgan fingerprint density at radius 3 is 2.64 bits per heavy atom. The number of carbonyl (C=O) groups excluding carboxylic acids is 1. The van der Waals surface area contributed by atoms with Crippen LogP contribution in [0.3, 0.4) is 0 Å². The molecule has 0 fully saturated rings. The van der Waals surface area contributed by atoms with Crippen LogP contribution in [-0.4, -0.2) is 5.97 Å². The monoisotopic (exact) mass is 310 g/mol. The van der Waals surface area contributed by atoms with E-state index in [2.05, 4.69) is 24.8 Å². The van der Waals surface area contributed by atoms with Crippen molar-refractivity contribution in [3.63, 3.8) is 0 Å². The van der Waals surface area contributed by atoms with Crippen LogP contribution >= 0.6 is 11.6 Å². The van der Waals surface area contributed by atoms with Crippen molar-refractivity contribution in [2.45, 2.75) is 12.8 Å². The standard InChI is InChI=1S/C19H15ClO2/c1-3-13-6-17-9-15-5-4-14(11-20)7-16(15)10-18(17)19(8-13)22-12(2)21/h3-10H,1,11H2,2H3. The van der Waals surface area contributed by atoms with Crippen LogP contribution in [0.2, 0.25) is 0 Å². The zero-order valence-corrected chi connectivity index (χ0v) is 13.0. The van der Waals surface area contributed by atoms with Gasteiger partial charge in [-0.2, -0.15) is 0 Å². The number of fused-ring (bicyclic) bond motifs is 2. The number of carbonyl (C=O) groups is 1. The summed E-state index contributed by atoms with van der Waals surface area (Å²) in [5.74, 6) is 0.690. The van der Waals surface area contributed by atoms with Crippen LogP contribution in [-0.2, 0) is 10.7 Å². The van der Waals surface area contributed by atoms with Gasteiger partial charge in [0.1, 0.15) is 5.75 Å². The molecule has 0 atom stereocenters. The highest BCUT2D eigenvalue weighted by Gasteiger charge is 2.08. The van der Waals surface area contributed by atoms with Crippen LogP contribution in [0.4, 0.5) is 0 Å². The van der Waals surface area contributed by atoms with E-state index in [0.29, 0.717) is 11.6 Å². The van der Waals surface area contributed by atoms with E-state index < -0.39 is 0 Å². The molecule has 0 bridgehead atoms. The highest BCUT2D eigenvalue weighted by molar-refractivity contribution is 6.17. The number of benzene rings is 3. The molecule has 110 valence electrons. The average Bonchev–Trinajstić information content (AvgIpc) is 2.51. The molecule has 0 heterocycles. The van der Waals surface area contributed by atoms with Crippen molar-refractivity contribution in [3.05, 3.63) is 60.2 Å². The van der Waals surface area contributed by atoms with Gasteiger partial charge in [0, 0.05) is 18.2 Å². The zero-order valence-electron chi connectivity index (χ0n) is 12.2. The molecule has 3 rings (SSSR count). The van der Waals surface area contributed by atoms with Crippen LogP contribution in [0.15, 0.2) is 49.0 Å². The third-order valence-electron chi connectivity index (χ3n) is 3.60. The fourth-order valence-corrected chi connectivity index (χ4v) is 2.75. The summed E-state index contributed by atoms with van der Waals surface area (Å²) in [7, 11) is 0. The van der Waals surface area contributed by atoms with Crippen molar-refractivity contribution in [1.29, 1.82) is 0 Å². The summed E-state index contributed by atoms with van der Waals surface area (Å²) < 4.78 is 5.36. The first-order valence-electron chi connectivity index (χ1n) is 6.98. The van der Waals surface area contributed by atoms with Crippen molar-refractivity contribution in [3.8, 4) is 5.75 Å². The summed E-state index contributed by atoms with van der Waals surface area (Å²) in [6, 6.07) is 14.1. The van der Waals surface area contributed by atoms with E-state index >= 15 is 0 Å². The predicted molar refractivity (Wildman–Crippen MR) is 92.4 cm³/mol. The number of rotatable bonds is 3. The molecule has 2 nitrogen and oxygen atoms in total. The lowest BCUT2D eigenvalue weighted by Gasteiger charge is -2.10. The van der Waals surface area contributed by atoms with Gasteiger partial charge in [-0.05, 0) is 57.6 Å². The van der Waals surface area contributed by atoms with Crippen LogP contribution < -0.4 is 4.74 Å². The van der Waals surface area contributed by atoms with E-state index in [1.54, 1.807) is 6.08 Å². The Morgan fingerprint density at radius 1 is 1.14 bits per heavy atom. The van der Waals surface area contributed by atoms with E-state index in [9.17, 15) is 4.79 Å². The quantitative estimate of drug-likeness (QED) is 0.284. The van der Waals surface area contributed by atoms with E-state index in [-0.39, 0.29) is 5.97 Å². The second kappa shape index (κ2) is 5.82. The van der Waals surface area contributed by atoms with Crippen molar-refractivity contribution in [2.75, 3.05) is 0 Å². The van der Waals surface area contributed by atoms with Gasteiger partial charge in [0.25, 0.3) is 0 Å². The Morgan fingerprint density at radius 2 is 1.95 bits per heavy atom. The van der Waals surface area contributed by atoms with Crippen LogP contribution in [0, 0.1) is 0 Å². The number of ether oxygens (including phenoxy) is 1. The van der Waals surface area contributed by atoms with Gasteiger partial charge in [-0.15, -0.1) is 11.6 Å². The molecule has 0 spiro atoms. The molecule has 3 aromatic rings. The summed E-state index contributed by atoms with van der Waals surface area (Å²) in [6.45, 7) is 5.19. The van der Waals surface area contributed by atoms with E-state index in [1.165, 1.54) is 6.92 Å². The number of halogens is 1. The third-order valence-corrected chi connectivity index (χ3v) is 3.91. The Hall–Kier alpha value is -2.32. The molecule has 0 aliphatic rings. The summed E-state index contributed by atoms with van der Waals surface area (Å²) in [4.78, 5) is 11.4. The van der Waals surface area contributed by atoms with Crippen molar-refractivity contribution < 1.29 is 9.53 Å². The van der Waals surface area contributed by atoms with E-state index in [1.807, 2.05) is 24.3 Å². The third kappa shape index (κ3) is 2.70. The van der Waals surface area contributed by atoms with Gasteiger partial charge in [0.15, 0.2) is 0 Å². The molecule has 0 saturated heterocycles. The molecule has 0 aliphatic carbocycles. The number of alkyl halides is 1. The summed E-state index contributed by atoms with van der Waals surface area (Å²) in [5, 5.41) is 4.11. The molecule has 3 heteroatoms. The molecule has 0 radical (unpaired) electrons. The lowest BCUT2D eigenvalue weighted by Crippen LogP contribution is -2.02. The molecule has 0 amide bonds. The summed E-state index contributed by atoms with van der Waals surface area (Å²) in [5.41, 5.74) is 1.98. The smallest absolute Gasteiger partial charge is 0.308 e. The van der Waals surface area contributed by atoms with Gasteiger partial charge in [0.05, 0.1) is 0 Å². The van der Waals surface area contributed by atoms with Crippen LogP contribution in [0.25, 0.3) is 27.6 Å². The van der Waals surface area contributed by atoms with Gasteiger partial charge in [-0.3, -0.25) is 4.79 Å². The number of hydrogen-bond donors (Lipinski definition) is 0. The molecule has 0 saturated carbocycles. The van der Waals surface area contributed by atoms with Gasteiger partial charge >= 0.3 is 5.97 Å². The lowest BCUT2D eigenvalue weighted by molar-refractivity contribution is -0.131. The van der Waals surface area contributed by atoms with Gasteiger partial charge in [-0.25, -0.2) is 0 Å². The first kappa shape index (κ1) is 14.6. The molecular weight excluding hydrogens is 296 g/mol. The van der Waals surface area contributed by atoms with E-state index in [0.717, 1.165) is 32.7 Å². The molecule has 3 aromatic carbocycles. The van der Waals surface area contributed by atoms with Crippen molar-refractivity contribution in [1.82, 2.24) is 0 Å². The SMILES string of the molecule is C=Cc1cc(OC(C)=O)c2cc3cc(CCl)ccc3cc2c1. The molecular formula is C19H15ClO2. The predicted octanol–water partition coefficient (Wildman–Crippen LogP) is 5.30. The first-order valence-corrected chi connectivity index (χ1v) is 7.51. The topological polar surface area (TPSA) is 26.3 Å². The van der Waals surface area contributed by atoms with Crippen molar-refractivity contribution in [2.24, 2.45) is 0 Å². The normalized spacial score (nSPS) is 10.8. The maximum Gasteiger partial charge on any atom is 0.308 e. The Balaban J connectivity index is 2.33. The molecule has 0 N–H and O–H groups in total. The minimum Gasteiger partial charge on any atom is -0.426 e. The van der Waals surface area contributed by atoms with Crippen LogP contribution in [0.5, 0.6) is 5.75 Å². The molecule has 0 aliphatic heterocycles. The van der Waals surface area contributed by atoms with Crippen LogP contribution in [0.1, 0.15) is 18.1 Å². The van der Waals surface area contributed by atoms with Gasteiger partial charge < -0.3 is 4.74 Å². The minimum absolute atomic E-state index is 0.336. The second-order valence-corrected chi connectivity index (χ2v) is 5.47. The Bertz CT molecular complexity index is 897. The average molecular weight is 311 g/mol. The zero-order chi connectivity index (χ0) is 15.7.